The number of aromatic amines is 1. The molecule has 0 bridgehead atoms. The number of ether oxygens (including phenoxy) is 1. The van der Waals surface area contributed by atoms with Crippen LogP contribution in [0.1, 0.15) is 58.0 Å². The Morgan fingerprint density at radius 1 is 1.30 bits per heavy atom. The minimum absolute atomic E-state index is 0.0583. The van der Waals surface area contributed by atoms with E-state index in [1.807, 2.05) is 36.4 Å². The lowest BCUT2D eigenvalue weighted by molar-refractivity contribution is -0.0950. The highest BCUT2D eigenvalue weighted by atomic mass is 127. The summed E-state index contributed by atoms with van der Waals surface area (Å²) in [4.78, 5) is 19.6. The molecule has 1 N–H and O–H groups in total. The molecule has 0 aliphatic heterocycles. The van der Waals surface area contributed by atoms with E-state index in [1.165, 1.54) is 0 Å². The number of H-pyrrole nitrogens is 1. The van der Waals surface area contributed by atoms with Crippen LogP contribution in [0.15, 0.2) is 4.79 Å². The second kappa shape index (κ2) is 5.75. The zero-order valence-electron chi connectivity index (χ0n) is 12.7. The third kappa shape index (κ3) is 3.08. The molecule has 1 aromatic heterocycles. The summed E-state index contributed by atoms with van der Waals surface area (Å²) >= 11 is 2.04. The fraction of sp³-hybridized carbons (Fsp3) is 0.733. The van der Waals surface area contributed by atoms with Crippen LogP contribution in [0.2, 0.25) is 0 Å². The van der Waals surface area contributed by atoms with Gasteiger partial charge in [-0.3, -0.25) is 4.79 Å². The molecule has 1 fully saturated rings. The van der Waals surface area contributed by atoms with Gasteiger partial charge < -0.3 is 9.72 Å². The highest BCUT2D eigenvalue weighted by Crippen LogP contribution is 2.46. The normalized spacial score (nSPS) is 20.9. The Bertz CT molecular complexity index is 541. The minimum Gasteiger partial charge on any atom is -0.367 e. The molecule has 0 saturated heterocycles. The minimum atomic E-state index is -0.418. The second-order valence-electron chi connectivity index (χ2n) is 6.41. The van der Waals surface area contributed by atoms with Crippen molar-refractivity contribution in [3.8, 4) is 0 Å². The topological polar surface area (TPSA) is 55.0 Å². The number of nitrogens with zero attached hydrogens (tertiary/aromatic N) is 1. The van der Waals surface area contributed by atoms with Gasteiger partial charge in [0.25, 0.3) is 5.56 Å². The summed E-state index contributed by atoms with van der Waals surface area (Å²) in [5, 5.41) is 0. The van der Waals surface area contributed by atoms with Gasteiger partial charge in [-0.2, -0.15) is 0 Å². The molecule has 0 amide bonds. The van der Waals surface area contributed by atoms with Gasteiger partial charge in [0.15, 0.2) is 0 Å². The van der Waals surface area contributed by atoms with Crippen molar-refractivity contribution < 1.29 is 4.74 Å². The van der Waals surface area contributed by atoms with E-state index in [9.17, 15) is 4.79 Å². The molecular formula is C15H23IN2O2. The van der Waals surface area contributed by atoms with E-state index in [0.717, 1.165) is 31.4 Å². The maximum absolute atomic E-state index is 12.0. The first-order chi connectivity index (χ1) is 9.30. The maximum atomic E-state index is 12.0. The first-order valence-corrected chi connectivity index (χ1v) is 8.28. The van der Waals surface area contributed by atoms with Crippen molar-refractivity contribution in [1.82, 2.24) is 9.97 Å². The fourth-order valence-corrected chi connectivity index (χ4v) is 3.10. The molecule has 1 aliphatic rings. The number of aromatic nitrogens is 2. The maximum Gasteiger partial charge on any atom is 0.264 e. The molecule has 0 radical (unpaired) electrons. The van der Waals surface area contributed by atoms with E-state index in [-0.39, 0.29) is 5.56 Å². The number of rotatable bonds is 3. The molecule has 0 aromatic carbocycles. The van der Waals surface area contributed by atoms with Crippen LogP contribution in [0.25, 0.3) is 0 Å². The summed E-state index contributed by atoms with van der Waals surface area (Å²) in [5.41, 5.74) is 0.655. The first kappa shape index (κ1) is 15.9. The van der Waals surface area contributed by atoms with Gasteiger partial charge in [0.05, 0.1) is 9.26 Å². The average Bonchev–Trinajstić information content (AvgIpc) is 2.38. The Balaban J connectivity index is 2.42. The Hall–Kier alpha value is -0.430. The molecule has 112 valence electrons. The molecule has 4 nitrogen and oxygen atoms in total. The van der Waals surface area contributed by atoms with Crippen molar-refractivity contribution in [2.45, 2.75) is 59.0 Å². The van der Waals surface area contributed by atoms with Gasteiger partial charge >= 0.3 is 0 Å². The van der Waals surface area contributed by atoms with Crippen molar-refractivity contribution in [3.05, 3.63) is 25.4 Å². The van der Waals surface area contributed by atoms with Crippen molar-refractivity contribution in [2.75, 3.05) is 6.61 Å². The molecule has 0 spiro atoms. The van der Waals surface area contributed by atoms with Gasteiger partial charge in [0.2, 0.25) is 0 Å². The lowest BCUT2D eigenvalue weighted by Crippen LogP contribution is -2.40. The summed E-state index contributed by atoms with van der Waals surface area (Å²) in [7, 11) is 0. The third-order valence-corrected chi connectivity index (χ3v) is 5.56. The van der Waals surface area contributed by atoms with E-state index < -0.39 is 5.60 Å². The van der Waals surface area contributed by atoms with Crippen LogP contribution in [0.3, 0.4) is 0 Å². The number of nitrogens with one attached hydrogen (secondary N) is 1. The fourth-order valence-electron chi connectivity index (χ4n) is 2.84. The summed E-state index contributed by atoms with van der Waals surface area (Å²) in [6, 6.07) is 0. The molecule has 0 atom stereocenters. The molecule has 1 saturated carbocycles. The standard InChI is InChI=1S/C15H23IN2O2/c1-5-20-15(8-6-14(3,4)7-9-15)13-17-10(2)11(16)12(19)18-13/h5-9H2,1-4H3,(H,17,18,19). The summed E-state index contributed by atoms with van der Waals surface area (Å²) in [5.74, 6) is 0.706. The van der Waals surface area contributed by atoms with Gasteiger partial charge in [-0.15, -0.1) is 0 Å². The Labute approximate surface area is 133 Å². The molecule has 20 heavy (non-hydrogen) atoms. The average molecular weight is 390 g/mol. The van der Waals surface area contributed by atoms with Crippen LogP contribution in [0.4, 0.5) is 0 Å². The van der Waals surface area contributed by atoms with E-state index in [0.29, 0.717) is 21.4 Å². The monoisotopic (exact) mass is 390 g/mol. The van der Waals surface area contributed by atoms with Gasteiger partial charge in [-0.1, -0.05) is 13.8 Å². The number of hydrogen-bond donors (Lipinski definition) is 1. The second-order valence-corrected chi connectivity index (χ2v) is 7.48. The van der Waals surface area contributed by atoms with E-state index >= 15 is 0 Å². The highest BCUT2D eigenvalue weighted by Gasteiger charge is 2.42. The molecule has 0 unspecified atom stereocenters. The zero-order valence-corrected chi connectivity index (χ0v) is 14.8. The Morgan fingerprint density at radius 2 is 1.90 bits per heavy atom. The van der Waals surface area contributed by atoms with Crippen molar-refractivity contribution in [2.24, 2.45) is 5.41 Å². The van der Waals surface area contributed by atoms with Crippen LogP contribution in [-0.4, -0.2) is 16.6 Å². The molecule has 5 heteroatoms. The lowest BCUT2D eigenvalue weighted by atomic mass is 9.70. The summed E-state index contributed by atoms with van der Waals surface area (Å²) < 4.78 is 6.73. The SMILES string of the molecule is CCOC1(c2nc(C)c(I)c(=O)[nH]2)CCC(C)(C)CC1. The van der Waals surface area contributed by atoms with Crippen molar-refractivity contribution >= 4 is 22.6 Å². The van der Waals surface area contributed by atoms with Gasteiger partial charge in [0.1, 0.15) is 11.4 Å². The summed E-state index contributed by atoms with van der Waals surface area (Å²) in [6.45, 7) is 9.09. The van der Waals surface area contributed by atoms with Crippen LogP contribution >= 0.6 is 22.6 Å². The first-order valence-electron chi connectivity index (χ1n) is 7.20. The number of hydrogen-bond acceptors (Lipinski definition) is 3. The van der Waals surface area contributed by atoms with Crippen LogP contribution in [0.5, 0.6) is 0 Å². The molecule has 2 rings (SSSR count). The highest BCUT2D eigenvalue weighted by molar-refractivity contribution is 14.1. The smallest absolute Gasteiger partial charge is 0.264 e. The molecule has 1 heterocycles. The zero-order chi connectivity index (χ0) is 15.0. The predicted molar refractivity (Wildman–Crippen MR) is 87.9 cm³/mol. The number of halogens is 1. The lowest BCUT2D eigenvalue weighted by Gasteiger charge is -2.42. The van der Waals surface area contributed by atoms with Gasteiger partial charge in [-0.25, -0.2) is 4.98 Å². The third-order valence-electron chi connectivity index (χ3n) is 4.29. The van der Waals surface area contributed by atoms with Crippen LogP contribution in [-0.2, 0) is 10.3 Å². The molecule has 1 aliphatic carbocycles. The van der Waals surface area contributed by atoms with E-state index in [4.69, 9.17) is 4.74 Å². The van der Waals surface area contributed by atoms with Crippen molar-refractivity contribution in [1.29, 1.82) is 0 Å². The number of aryl methyl sites for hydroxylation is 1. The summed E-state index contributed by atoms with van der Waals surface area (Å²) in [6.07, 6.45) is 4.00. The quantitative estimate of drug-likeness (QED) is 0.804. The Kier molecular flexibility index (Phi) is 4.59. The largest absolute Gasteiger partial charge is 0.367 e. The van der Waals surface area contributed by atoms with E-state index in [1.54, 1.807) is 0 Å². The van der Waals surface area contributed by atoms with E-state index in [2.05, 4.69) is 23.8 Å². The van der Waals surface area contributed by atoms with Crippen LogP contribution in [0, 0.1) is 15.9 Å². The predicted octanol–water partition coefficient (Wildman–Crippen LogP) is 3.51. The van der Waals surface area contributed by atoms with Gasteiger partial charge in [0, 0.05) is 6.61 Å². The van der Waals surface area contributed by atoms with Crippen molar-refractivity contribution in [3.63, 3.8) is 0 Å². The molecular weight excluding hydrogens is 367 g/mol. The van der Waals surface area contributed by atoms with Gasteiger partial charge in [-0.05, 0) is 67.5 Å². The molecule has 1 aromatic rings. The van der Waals surface area contributed by atoms with Crippen LogP contribution < -0.4 is 5.56 Å². The Morgan fingerprint density at radius 3 is 2.40 bits per heavy atom.